The van der Waals surface area contributed by atoms with Crippen molar-refractivity contribution in [3.63, 3.8) is 0 Å². The number of pyridine rings is 1. The number of nitrogens with zero attached hydrogens (tertiary/aromatic N) is 1. The van der Waals surface area contributed by atoms with Gasteiger partial charge in [-0.2, -0.15) is 0 Å². The van der Waals surface area contributed by atoms with Crippen LogP contribution in [0.15, 0.2) is 67.0 Å². The number of carbonyl (C=O) groups is 1. The van der Waals surface area contributed by atoms with Gasteiger partial charge in [-0.25, -0.2) is 0 Å². The standard InChI is InChI=1S/C23H25N3O2/c1-23(2,3)20-7-5-6-8-21(20)26-22(27)16-13-18(15-24-14-16)25-17-9-11-19(28-4)12-10-17/h5-15,25H,1-4H3,(H,26,27). The predicted molar refractivity (Wildman–Crippen MR) is 114 cm³/mol. The van der Waals surface area contributed by atoms with Gasteiger partial charge in [0.2, 0.25) is 0 Å². The van der Waals surface area contributed by atoms with Crippen LogP contribution in [0, 0.1) is 0 Å². The molecule has 144 valence electrons. The summed E-state index contributed by atoms with van der Waals surface area (Å²) in [4.78, 5) is 17.0. The Balaban J connectivity index is 1.77. The van der Waals surface area contributed by atoms with Gasteiger partial charge in [0.05, 0.1) is 24.6 Å². The summed E-state index contributed by atoms with van der Waals surface area (Å²) in [5.74, 6) is 0.594. The summed E-state index contributed by atoms with van der Waals surface area (Å²) in [5.41, 5.74) is 3.94. The third-order valence-electron chi connectivity index (χ3n) is 4.36. The zero-order valence-electron chi connectivity index (χ0n) is 16.6. The highest BCUT2D eigenvalue weighted by atomic mass is 16.5. The Morgan fingerprint density at radius 2 is 1.68 bits per heavy atom. The number of methoxy groups -OCH3 is 1. The molecule has 0 spiro atoms. The molecule has 0 aliphatic heterocycles. The first-order valence-electron chi connectivity index (χ1n) is 9.14. The number of hydrogen-bond acceptors (Lipinski definition) is 4. The van der Waals surface area contributed by atoms with Gasteiger partial charge < -0.3 is 15.4 Å². The summed E-state index contributed by atoms with van der Waals surface area (Å²) in [5, 5.41) is 6.27. The van der Waals surface area contributed by atoms with Crippen LogP contribution in [0.25, 0.3) is 0 Å². The Bertz CT molecular complexity index is 960. The SMILES string of the molecule is COc1ccc(Nc2cncc(C(=O)Nc3ccccc3C(C)(C)C)c2)cc1. The summed E-state index contributed by atoms with van der Waals surface area (Å²) < 4.78 is 5.17. The Morgan fingerprint density at radius 1 is 0.964 bits per heavy atom. The summed E-state index contributed by atoms with van der Waals surface area (Å²) in [6.07, 6.45) is 3.25. The second kappa shape index (κ2) is 8.13. The van der Waals surface area contributed by atoms with E-state index >= 15 is 0 Å². The van der Waals surface area contributed by atoms with Gasteiger partial charge in [-0.15, -0.1) is 0 Å². The average molecular weight is 375 g/mol. The normalized spacial score (nSPS) is 11.0. The summed E-state index contributed by atoms with van der Waals surface area (Å²) in [6, 6.07) is 17.2. The maximum Gasteiger partial charge on any atom is 0.257 e. The van der Waals surface area contributed by atoms with E-state index in [9.17, 15) is 4.79 Å². The summed E-state index contributed by atoms with van der Waals surface area (Å²) >= 11 is 0. The lowest BCUT2D eigenvalue weighted by Gasteiger charge is -2.23. The molecule has 0 saturated heterocycles. The fourth-order valence-electron chi connectivity index (χ4n) is 2.91. The fourth-order valence-corrected chi connectivity index (χ4v) is 2.91. The minimum Gasteiger partial charge on any atom is -0.497 e. The quantitative estimate of drug-likeness (QED) is 0.628. The van der Waals surface area contributed by atoms with E-state index in [1.165, 1.54) is 0 Å². The Kier molecular flexibility index (Phi) is 5.64. The van der Waals surface area contributed by atoms with Crippen molar-refractivity contribution in [2.75, 3.05) is 17.7 Å². The van der Waals surface area contributed by atoms with E-state index in [-0.39, 0.29) is 11.3 Å². The Labute approximate surface area is 165 Å². The van der Waals surface area contributed by atoms with Crippen molar-refractivity contribution in [1.82, 2.24) is 4.98 Å². The zero-order valence-corrected chi connectivity index (χ0v) is 16.6. The number of para-hydroxylation sites is 1. The van der Waals surface area contributed by atoms with Crippen molar-refractivity contribution in [3.8, 4) is 5.75 Å². The molecule has 3 aromatic rings. The average Bonchev–Trinajstić information content (AvgIpc) is 2.68. The van der Waals surface area contributed by atoms with Crippen molar-refractivity contribution < 1.29 is 9.53 Å². The minimum atomic E-state index is -0.192. The first kappa shape index (κ1) is 19.4. The Hall–Kier alpha value is -3.34. The molecule has 0 radical (unpaired) electrons. The molecule has 1 amide bonds. The molecule has 0 bridgehead atoms. The number of rotatable bonds is 5. The van der Waals surface area contributed by atoms with Crippen LogP contribution in [0.5, 0.6) is 5.75 Å². The molecular weight excluding hydrogens is 350 g/mol. The van der Waals surface area contributed by atoms with E-state index < -0.39 is 0 Å². The van der Waals surface area contributed by atoms with E-state index in [0.717, 1.165) is 28.4 Å². The molecule has 0 fully saturated rings. The smallest absolute Gasteiger partial charge is 0.257 e. The highest BCUT2D eigenvalue weighted by molar-refractivity contribution is 6.05. The maximum absolute atomic E-state index is 12.8. The summed E-state index contributed by atoms with van der Waals surface area (Å²) in [6.45, 7) is 6.37. The third-order valence-corrected chi connectivity index (χ3v) is 4.36. The van der Waals surface area contributed by atoms with Crippen LogP contribution >= 0.6 is 0 Å². The molecule has 2 N–H and O–H groups in total. The molecular formula is C23H25N3O2. The van der Waals surface area contributed by atoms with Gasteiger partial charge in [-0.1, -0.05) is 39.0 Å². The molecule has 5 heteroatoms. The number of anilines is 3. The molecule has 0 atom stereocenters. The molecule has 3 rings (SSSR count). The van der Waals surface area contributed by atoms with Crippen LogP contribution in [-0.2, 0) is 5.41 Å². The molecule has 0 unspecified atom stereocenters. The lowest BCUT2D eigenvalue weighted by Crippen LogP contribution is -2.18. The number of aromatic nitrogens is 1. The largest absolute Gasteiger partial charge is 0.497 e. The molecule has 1 aromatic heterocycles. The van der Waals surface area contributed by atoms with E-state index in [0.29, 0.717) is 5.56 Å². The van der Waals surface area contributed by atoms with Gasteiger partial charge in [-0.3, -0.25) is 9.78 Å². The molecule has 0 aliphatic carbocycles. The van der Waals surface area contributed by atoms with E-state index in [2.05, 4.69) is 36.4 Å². The van der Waals surface area contributed by atoms with Crippen molar-refractivity contribution in [1.29, 1.82) is 0 Å². The lowest BCUT2D eigenvalue weighted by molar-refractivity contribution is 0.102. The van der Waals surface area contributed by atoms with E-state index in [1.54, 1.807) is 25.6 Å². The van der Waals surface area contributed by atoms with Crippen LogP contribution in [0.1, 0.15) is 36.7 Å². The highest BCUT2D eigenvalue weighted by Gasteiger charge is 2.19. The summed E-state index contributed by atoms with van der Waals surface area (Å²) in [7, 11) is 1.63. The number of ether oxygens (including phenoxy) is 1. The van der Waals surface area contributed by atoms with Crippen LogP contribution < -0.4 is 15.4 Å². The predicted octanol–water partition coefficient (Wildman–Crippen LogP) is 5.38. The van der Waals surface area contributed by atoms with Gasteiger partial charge in [0.1, 0.15) is 5.75 Å². The van der Waals surface area contributed by atoms with Gasteiger partial charge in [0.15, 0.2) is 0 Å². The van der Waals surface area contributed by atoms with Crippen molar-refractivity contribution in [3.05, 3.63) is 78.1 Å². The second-order valence-electron chi connectivity index (χ2n) is 7.57. The van der Waals surface area contributed by atoms with Crippen LogP contribution in [0.4, 0.5) is 17.1 Å². The van der Waals surface area contributed by atoms with Gasteiger partial charge >= 0.3 is 0 Å². The monoisotopic (exact) mass is 375 g/mol. The topological polar surface area (TPSA) is 63.2 Å². The minimum absolute atomic E-state index is 0.0696. The molecule has 5 nitrogen and oxygen atoms in total. The molecule has 0 aliphatic rings. The zero-order chi connectivity index (χ0) is 20.1. The van der Waals surface area contributed by atoms with E-state index in [4.69, 9.17) is 4.74 Å². The van der Waals surface area contributed by atoms with Crippen molar-refractivity contribution in [2.24, 2.45) is 0 Å². The van der Waals surface area contributed by atoms with Crippen molar-refractivity contribution >= 4 is 23.0 Å². The number of carbonyl (C=O) groups excluding carboxylic acids is 1. The molecule has 2 aromatic carbocycles. The number of benzene rings is 2. The maximum atomic E-state index is 12.8. The van der Waals surface area contributed by atoms with Crippen molar-refractivity contribution in [2.45, 2.75) is 26.2 Å². The fraction of sp³-hybridized carbons (Fsp3) is 0.217. The van der Waals surface area contributed by atoms with E-state index in [1.807, 2.05) is 48.5 Å². The van der Waals surface area contributed by atoms with Gasteiger partial charge in [0.25, 0.3) is 5.91 Å². The first-order valence-corrected chi connectivity index (χ1v) is 9.14. The highest BCUT2D eigenvalue weighted by Crippen LogP contribution is 2.29. The van der Waals surface area contributed by atoms with Gasteiger partial charge in [0, 0.05) is 17.6 Å². The number of amides is 1. The van der Waals surface area contributed by atoms with Crippen LogP contribution in [0.2, 0.25) is 0 Å². The number of nitrogens with one attached hydrogen (secondary N) is 2. The second-order valence-corrected chi connectivity index (χ2v) is 7.57. The molecule has 0 saturated carbocycles. The molecule has 1 heterocycles. The van der Waals surface area contributed by atoms with Gasteiger partial charge in [-0.05, 0) is 47.4 Å². The Morgan fingerprint density at radius 3 is 2.36 bits per heavy atom. The lowest BCUT2D eigenvalue weighted by atomic mass is 9.86. The molecule has 28 heavy (non-hydrogen) atoms. The van der Waals surface area contributed by atoms with Crippen LogP contribution in [-0.4, -0.2) is 18.0 Å². The third kappa shape index (κ3) is 4.68. The first-order chi connectivity index (χ1) is 13.4. The number of hydrogen-bond donors (Lipinski definition) is 2. The van der Waals surface area contributed by atoms with Crippen LogP contribution in [0.3, 0.4) is 0 Å².